The minimum Gasteiger partial charge on any atom is -0.354 e. The molecule has 0 saturated carbocycles. The Balaban J connectivity index is 1.61. The van der Waals surface area contributed by atoms with Gasteiger partial charge in [0.05, 0.1) is 15.8 Å². The molecule has 4 aromatic rings. The van der Waals surface area contributed by atoms with Crippen LogP contribution in [-0.4, -0.2) is 22.2 Å². The second-order valence-corrected chi connectivity index (χ2v) is 7.89. The zero-order valence-corrected chi connectivity index (χ0v) is 16.6. The van der Waals surface area contributed by atoms with Crippen molar-refractivity contribution >= 4 is 37.4 Å². The first-order valence-corrected chi connectivity index (χ1v) is 10.1. The molecule has 0 aliphatic carbocycles. The van der Waals surface area contributed by atoms with Gasteiger partial charge in [-0.05, 0) is 31.9 Å². The van der Waals surface area contributed by atoms with Gasteiger partial charge in [0.2, 0.25) is 5.91 Å². The zero-order valence-electron chi connectivity index (χ0n) is 15.8. The average Bonchev–Trinajstić information content (AvgIpc) is 3.11. The van der Waals surface area contributed by atoms with Gasteiger partial charge in [0, 0.05) is 16.6 Å². The summed E-state index contributed by atoms with van der Waals surface area (Å²) in [4.78, 5) is 25.8. The highest BCUT2D eigenvalue weighted by molar-refractivity contribution is 7.26. The van der Waals surface area contributed by atoms with Crippen LogP contribution in [0.25, 0.3) is 20.2 Å². The lowest BCUT2D eigenvalue weighted by Crippen LogP contribution is -2.38. The Bertz CT molecular complexity index is 1210. The highest BCUT2D eigenvalue weighted by Gasteiger charge is 2.21. The number of nitrogens with one attached hydrogen (secondary N) is 1. The number of benzene rings is 2. The second-order valence-electron chi connectivity index (χ2n) is 6.84. The van der Waals surface area contributed by atoms with Crippen LogP contribution in [0.5, 0.6) is 0 Å². The third-order valence-corrected chi connectivity index (χ3v) is 6.19. The van der Waals surface area contributed by atoms with Crippen molar-refractivity contribution in [1.29, 1.82) is 0 Å². The third kappa shape index (κ3) is 3.31. The molecule has 1 amide bonds. The number of hydrogen-bond donors (Lipinski definition) is 1. The Morgan fingerprint density at radius 2 is 1.86 bits per heavy atom. The Hall–Kier alpha value is -2.99. The Morgan fingerprint density at radius 3 is 2.64 bits per heavy atom. The molecule has 0 radical (unpaired) electrons. The molecule has 0 spiro atoms. The third-order valence-electron chi connectivity index (χ3n) is 4.91. The van der Waals surface area contributed by atoms with E-state index in [1.54, 1.807) is 18.3 Å². The van der Waals surface area contributed by atoms with Crippen LogP contribution in [0.4, 0.5) is 0 Å². The van der Waals surface area contributed by atoms with Gasteiger partial charge in [-0.1, -0.05) is 48.5 Å². The number of carbonyl (C=O) groups is 1. The van der Waals surface area contributed by atoms with Crippen LogP contribution < -0.4 is 10.9 Å². The fraction of sp³-hybridized carbons (Fsp3) is 0.227. The number of aryl methyl sites for hydroxylation is 1. The van der Waals surface area contributed by atoms with E-state index in [-0.39, 0.29) is 11.5 Å². The first-order chi connectivity index (χ1) is 13.6. The smallest absolute Gasteiger partial charge is 0.276 e. The summed E-state index contributed by atoms with van der Waals surface area (Å²) in [5, 5.41) is 8.93. The number of nitrogens with zero attached hydrogens (tertiary/aromatic N) is 2. The summed E-state index contributed by atoms with van der Waals surface area (Å²) in [6, 6.07) is 17.1. The summed E-state index contributed by atoms with van der Waals surface area (Å²) in [5.41, 5.74) is 1.70. The van der Waals surface area contributed by atoms with Crippen molar-refractivity contribution in [2.24, 2.45) is 0 Å². The van der Waals surface area contributed by atoms with Gasteiger partial charge < -0.3 is 5.32 Å². The Labute approximate surface area is 166 Å². The SMILES string of the molecule is Cc1nn([C@@H](C)C(=O)NCCc2ccccc2)c(=O)c2c1sc1ccccc12. The summed E-state index contributed by atoms with van der Waals surface area (Å²) in [6.45, 7) is 4.12. The minimum absolute atomic E-state index is 0.205. The van der Waals surface area contributed by atoms with Gasteiger partial charge in [0.15, 0.2) is 0 Å². The first-order valence-electron chi connectivity index (χ1n) is 9.28. The van der Waals surface area contributed by atoms with Gasteiger partial charge >= 0.3 is 0 Å². The number of aromatic nitrogens is 2. The van der Waals surface area contributed by atoms with E-state index < -0.39 is 6.04 Å². The number of carbonyl (C=O) groups excluding carboxylic acids is 1. The van der Waals surface area contributed by atoms with Crippen LogP contribution in [0.1, 0.15) is 24.2 Å². The van der Waals surface area contributed by atoms with Crippen molar-refractivity contribution in [3.05, 3.63) is 76.2 Å². The van der Waals surface area contributed by atoms with Crippen LogP contribution >= 0.6 is 11.3 Å². The summed E-state index contributed by atoms with van der Waals surface area (Å²) in [6.07, 6.45) is 0.745. The molecular weight excluding hydrogens is 370 g/mol. The van der Waals surface area contributed by atoms with Crippen LogP contribution in [0.3, 0.4) is 0 Å². The molecule has 0 aliphatic heterocycles. The lowest BCUT2D eigenvalue weighted by Gasteiger charge is -2.15. The van der Waals surface area contributed by atoms with Crippen molar-refractivity contribution in [3.63, 3.8) is 0 Å². The van der Waals surface area contributed by atoms with E-state index >= 15 is 0 Å². The number of amides is 1. The van der Waals surface area contributed by atoms with Crippen molar-refractivity contribution in [3.8, 4) is 0 Å². The van der Waals surface area contributed by atoms with E-state index in [9.17, 15) is 9.59 Å². The van der Waals surface area contributed by atoms with Gasteiger partial charge in [0.1, 0.15) is 6.04 Å². The van der Waals surface area contributed by atoms with E-state index in [0.717, 1.165) is 32.5 Å². The molecule has 0 bridgehead atoms. The maximum Gasteiger partial charge on any atom is 0.276 e. The van der Waals surface area contributed by atoms with Gasteiger partial charge in [0.25, 0.3) is 5.56 Å². The normalized spacial score (nSPS) is 12.4. The van der Waals surface area contributed by atoms with Crippen molar-refractivity contribution in [2.75, 3.05) is 6.54 Å². The number of fused-ring (bicyclic) bond motifs is 3. The lowest BCUT2D eigenvalue weighted by molar-refractivity contribution is -0.124. The lowest BCUT2D eigenvalue weighted by atomic mass is 10.1. The highest BCUT2D eigenvalue weighted by Crippen LogP contribution is 2.32. The molecule has 0 unspecified atom stereocenters. The molecule has 6 heteroatoms. The molecule has 5 nitrogen and oxygen atoms in total. The van der Waals surface area contributed by atoms with Crippen LogP contribution in [0, 0.1) is 6.92 Å². The number of rotatable bonds is 5. The second kappa shape index (κ2) is 7.56. The summed E-state index contributed by atoms with van der Waals surface area (Å²) in [5.74, 6) is -0.205. The van der Waals surface area contributed by atoms with Crippen LogP contribution in [0.15, 0.2) is 59.4 Å². The van der Waals surface area contributed by atoms with Gasteiger partial charge in [-0.3, -0.25) is 9.59 Å². The predicted molar refractivity (Wildman–Crippen MR) is 114 cm³/mol. The molecule has 28 heavy (non-hydrogen) atoms. The van der Waals surface area contributed by atoms with E-state index in [2.05, 4.69) is 10.4 Å². The Kier molecular flexibility index (Phi) is 4.96. The van der Waals surface area contributed by atoms with Gasteiger partial charge in [-0.25, -0.2) is 4.68 Å². The quantitative estimate of drug-likeness (QED) is 0.562. The molecular formula is C22H21N3O2S. The first kappa shape index (κ1) is 18.4. The highest BCUT2D eigenvalue weighted by atomic mass is 32.1. The average molecular weight is 391 g/mol. The van der Waals surface area contributed by atoms with Crippen molar-refractivity contribution < 1.29 is 4.79 Å². The zero-order chi connectivity index (χ0) is 19.7. The molecule has 2 aromatic carbocycles. The molecule has 1 N–H and O–H groups in total. The summed E-state index contributed by atoms with van der Waals surface area (Å²) >= 11 is 1.57. The van der Waals surface area contributed by atoms with E-state index in [0.29, 0.717) is 11.9 Å². The van der Waals surface area contributed by atoms with Gasteiger partial charge in [-0.2, -0.15) is 5.10 Å². The van der Waals surface area contributed by atoms with E-state index in [4.69, 9.17) is 0 Å². The molecule has 4 rings (SSSR count). The van der Waals surface area contributed by atoms with Gasteiger partial charge in [-0.15, -0.1) is 11.3 Å². The topological polar surface area (TPSA) is 64.0 Å². The van der Waals surface area contributed by atoms with Crippen LogP contribution in [-0.2, 0) is 11.2 Å². The monoisotopic (exact) mass is 391 g/mol. The Morgan fingerprint density at radius 1 is 1.14 bits per heavy atom. The van der Waals surface area contributed by atoms with E-state index in [1.165, 1.54) is 4.68 Å². The largest absolute Gasteiger partial charge is 0.354 e. The van der Waals surface area contributed by atoms with E-state index in [1.807, 2.05) is 61.5 Å². The molecule has 0 aliphatic rings. The predicted octanol–water partition coefficient (Wildman–Crippen LogP) is 3.84. The van der Waals surface area contributed by atoms with Crippen molar-refractivity contribution in [1.82, 2.24) is 15.1 Å². The van der Waals surface area contributed by atoms with Crippen molar-refractivity contribution in [2.45, 2.75) is 26.3 Å². The van der Waals surface area contributed by atoms with Crippen LogP contribution in [0.2, 0.25) is 0 Å². The maximum absolute atomic E-state index is 13.1. The molecule has 0 saturated heterocycles. The number of hydrogen-bond acceptors (Lipinski definition) is 4. The summed E-state index contributed by atoms with van der Waals surface area (Å²) < 4.78 is 3.26. The number of thiophene rings is 1. The fourth-order valence-corrected chi connectivity index (χ4v) is 4.51. The summed E-state index contributed by atoms with van der Waals surface area (Å²) in [7, 11) is 0. The fourth-order valence-electron chi connectivity index (χ4n) is 3.38. The maximum atomic E-state index is 13.1. The molecule has 1 atom stereocenters. The standard InChI is InChI=1S/C22H21N3O2S/c1-14-20-19(17-10-6-7-11-18(17)28-20)22(27)25(24-14)15(2)21(26)23-13-12-16-8-4-3-5-9-16/h3-11,15H,12-13H2,1-2H3,(H,23,26)/t15-/m0/s1. The molecule has 0 fully saturated rings. The molecule has 2 aromatic heterocycles. The molecule has 2 heterocycles. The minimum atomic E-state index is -0.676. The molecule has 142 valence electrons.